The molecule has 0 N–H and O–H groups in total. The van der Waals surface area contributed by atoms with Crippen molar-refractivity contribution in [2.24, 2.45) is 0 Å². The summed E-state index contributed by atoms with van der Waals surface area (Å²) in [5, 5.41) is 0. The van der Waals surface area contributed by atoms with Gasteiger partial charge in [-0.2, -0.15) is 0 Å². The summed E-state index contributed by atoms with van der Waals surface area (Å²) < 4.78 is 29.8. The second-order valence-electron chi connectivity index (χ2n) is 5.89. The first-order chi connectivity index (χ1) is 14.3. The zero-order chi connectivity index (χ0) is 21.8. The van der Waals surface area contributed by atoms with Gasteiger partial charge in [0.2, 0.25) is 0 Å². The van der Waals surface area contributed by atoms with Crippen molar-refractivity contribution in [2.75, 3.05) is 25.7 Å². The molecule has 0 saturated carbocycles. The molecule has 0 unspecified atom stereocenters. The average molecular weight is 512 g/mol. The lowest BCUT2D eigenvalue weighted by Gasteiger charge is -2.14. The van der Waals surface area contributed by atoms with Gasteiger partial charge in [0, 0.05) is 4.47 Å². The van der Waals surface area contributed by atoms with E-state index in [4.69, 9.17) is 21.7 Å². The molecule has 1 heterocycles. The number of ether oxygens (including phenoxy) is 3. The molecular formula is C20H15BrFNO5S2. The fourth-order valence-corrected chi connectivity index (χ4v) is 4.30. The van der Waals surface area contributed by atoms with Crippen LogP contribution >= 0.6 is 39.9 Å². The number of hydrogen-bond donors (Lipinski definition) is 0. The molecule has 10 heteroatoms. The van der Waals surface area contributed by atoms with E-state index in [1.807, 2.05) is 0 Å². The number of anilines is 1. The number of thioether (sulfide) groups is 1. The van der Waals surface area contributed by atoms with Crippen LogP contribution in [0.4, 0.5) is 10.1 Å². The monoisotopic (exact) mass is 511 g/mol. The second-order valence-corrected chi connectivity index (χ2v) is 8.42. The quantitative estimate of drug-likeness (QED) is 0.320. The summed E-state index contributed by atoms with van der Waals surface area (Å²) in [5.74, 6) is -0.639. The molecule has 0 bridgehead atoms. The third-order valence-corrected chi connectivity index (χ3v) is 5.99. The van der Waals surface area contributed by atoms with Crippen LogP contribution in [0.3, 0.4) is 0 Å². The van der Waals surface area contributed by atoms with Gasteiger partial charge in [0.15, 0.2) is 22.4 Å². The number of benzene rings is 2. The number of rotatable bonds is 6. The van der Waals surface area contributed by atoms with Gasteiger partial charge in [-0.3, -0.25) is 9.69 Å². The van der Waals surface area contributed by atoms with E-state index >= 15 is 0 Å². The summed E-state index contributed by atoms with van der Waals surface area (Å²) in [6, 6.07) is 8.96. The topological polar surface area (TPSA) is 65.1 Å². The number of carbonyl (C=O) groups is 2. The Morgan fingerprint density at radius 2 is 2.03 bits per heavy atom. The Kier molecular flexibility index (Phi) is 7.11. The normalized spacial score (nSPS) is 14.9. The van der Waals surface area contributed by atoms with Crippen LogP contribution in [0, 0.1) is 5.82 Å². The number of thiocarbonyl (C=S) groups is 1. The van der Waals surface area contributed by atoms with Crippen molar-refractivity contribution in [3.63, 3.8) is 0 Å². The number of hydrogen-bond acceptors (Lipinski definition) is 7. The fourth-order valence-electron chi connectivity index (χ4n) is 2.58. The molecule has 3 rings (SSSR count). The molecule has 0 spiro atoms. The Morgan fingerprint density at radius 1 is 1.27 bits per heavy atom. The minimum Gasteiger partial charge on any atom is -0.493 e. The number of esters is 1. The number of amides is 1. The largest absolute Gasteiger partial charge is 0.493 e. The van der Waals surface area contributed by atoms with Gasteiger partial charge in [0.05, 0.1) is 24.8 Å². The summed E-state index contributed by atoms with van der Waals surface area (Å²) in [6.45, 7) is -0.273. The van der Waals surface area contributed by atoms with Crippen molar-refractivity contribution in [3.05, 3.63) is 57.2 Å². The highest BCUT2D eigenvalue weighted by atomic mass is 79.9. The van der Waals surface area contributed by atoms with Crippen LogP contribution in [0.25, 0.3) is 6.08 Å². The molecule has 1 saturated heterocycles. The van der Waals surface area contributed by atoms with Gasteiger partial charge < -0.3 is 14.2 Å². The summed E-state index contributed by atoms with van der Waals surface area (Å²) in [6.07, 6.45) is 1.65. The predicted octanol–water partition coefficient (Wildman–Crippen LogP) is 4.55. The van der Waals surface area contributed by atoms with Gasteiger partial charge in [0.1, 0.15) is 5.82 Å². The van der Waals surface area contributed by atoms with Crippen molar-refractivity contribution < 1.29 is 28.2 Å². The molecule has 0 radical (unpaired) electrons. The molecule has 30 heavy (non-hydrogen) atoms. The Hall–Kier alpha value is -2.43. The minimum absolute atomic E-state index is 0.273. The lowest BCUT2D eigenvalue weighted by atomic mass is 10.1. The van der Waals surface area contributed by atoms with Gasteiger partial charge in [-0.25, -0.2) is 9.18 Å². The molecule has 6 nitrogen and oxygen atoms in total. The zero-order valence-corrected chi connectivity index (χ0v) is 19.0. The van der Waals surface area contributed by atoms with Gasteiger partial charge in [-0.05, 0) is 42.0 Å². The molecule has 1 aliphatic heterocycles. The number of carbonyl (C=O) groups excluding carboxylic acids is 2. The van der Waals surface area contributed by atoms with E-state index in [-0.39, 0.29) is 12.5 Å². The minimum atomic E-state index is -0.529. The fraction of sp³-hybridized carbons (Fsp3) is 0.150. The van der Waals surface area contributed by atoms with E-state index in [9.17, 15) is 14.0 Å². The van der Waals surface area contributed by atoms with Crippen LogP contribution in [0.5, 0.6) is 11.5 Å². The Labute approximate surface area is 190 Å². The first-order valence-electron chi connectivity index (χ1n) is 8.44. The molecule has 0 aromatic heterocycles. The SMILES string of the molecule is COC(=O)COc1cc(Br)c(/C=C2\SC(=S)N(c3cccc(F)c3)C2=O)cc1OC. The first-order valence-corrected chi connectivity index (χ1v) is 10.5. The summed E-state index contributed by atoms with van der Waals surface area (Å²) in [5.41, 5.74) is 1.00. The third-order valence-electron chi connectivity index (χ3n) is 4.00. The Balaban J connectivity index is 1.90. The highest BCUT2D eigenvalue weighted by Gasteiger charge is 2.33. The Morgan fingerprint density at radius 3 is 2.70 bits per heavy atom. The summed E-state index contributed by atoms with van der Waals surface area (Å²) >= 11 is 9.86. The predicted molar refractivity (Wildman–Crippen MR) is 120 cm³/mol. The van der Waals surface area contributed by atoms with Crippen molar-refractivity contribution >= 4 is 67.9 Å². The van der Waals surface area contributed by atoms with E-state index in [2.05, 4.69) is 20.7 Å². The van der Waals surface area contributed by atoms with E-state index in [1.165, 1.54) is 37.3 Å². The Bertz CT molecular complexity index is 1060. The van der Waals surface area contributed by atoms with Crippen molar-refractivity contribution in [1.29, 1.82) is 0 Å². The van der Waals surface area contributed by atoms with E-state index in [0.29, 0.717) is 36.4 Å². The third kappa shape index (κ3) is 4.82. The molecular weight excluding hydrogens is 497 g/mol. The maximum Gasteiger partial charge on any atom is 0.343 e. The van der Waals surface area contributed by atoms with Crippen LogP contribution < -0.4 is 14.4 Å². The van der Waals surface area contributed by atoms with E-state index < -0.39 is 11.8 Å². The molecule has 2 aromatic rings. The lowest BCUT2D eigenvalue weighted by Crippen LogP contribution is -2.27. The van der Waals surface area contributed by atoms with Crippen LogP contribution in [0.15, 0.2) is 45.8 Å². The molecule has 2 aromatic carbocycles. The number of methoxy groups -OCH3 is 2. The van der Waals surface area contributed by atoms with Gasteiger partial charge >= 0.3 is 5.97 Å². The molecule has 0 aliphatic carbocycles. The highest BCUT2D eigenvalue weighted by Crippen LogP contribution is 2.39. The highest BCUT2D eigenvalue weighted by molar-refractivity contribution is 9.10. The van der Waals surface area contributed by atoms with Crippen LogP contribution in [-0.2, 0) is 14.3 Å². The molecule has 1 aliphatic rings. The molecule has 1 amide bonds. The van der Waals surface area contributed by atoms with Crippen LogP contribution in [0.2, 0.25) is 0 Å². The lowest BCUT2D eigenvalue weighted by molar-refractivity contribution is -0.142. The number of halogens is 2. The standard InChI is InChI=1S/C20H15BrFNO5S2/c1-26-15-6-11(14(21)9-16(15)28-10-18(24)27-2)7-17-19(25)23(20(29)30-17)13-5-3-4-12(22)8-13/h3-9H,10H2,1-2H3/b17-7-. The average Bonchev–Trinajstić information content (AvgIpc) is 3.00. The van der Waals surface area contributed by atoms with Gasteiger partial charge in [-0.15, -0.1) is 0 Å². The first kappa shape index (κ1) is 22.3. The van der Waals surface area contributed by atoms with Gasteiger partial charge in [0.25, 0.3) is 5.91 Å². The van der Waals surface area contributed by atoms with Gasteiger partial charge in [-0.1, -0.05) is 46.0 Å². The van der Waals surface area contributed by atoms with Crippen LogP contribution in [-0.4, -0.2) is 37.0 Å². The smallest absolute Gasteiger partial charge is 0.343 e. The zero-order valence-electron chi connectivity index (χ0n) is 15.8. The molecule has 1 fully saturated rings. The maximum atomic E-state index is 13.6. The summed E-state index contributed by atoms with van der Waals surface area (Å²) in [4.78, 5) is 25.8. The summed E-state index contributed by atoms with van der Waals surface area (Å²) in [7, 11) is 2.73. The number of nitrogens with zero attached hydrogens (tertiary/aromatic N) is 1. The maximum absolute atomic E-state index is 13.6. The van der Waals surface area contributed by atoms with Crippen LogP contribution in [0.1, 0.15) is 5.56 Å². The molecule has 156 valence electrons. The van der Waals surface area contributed by atoms with Crippen molar-refractivity contribution in [1.82, 2.24) is 0 Å². The van der Waals surface area contributed by atoms with Crippen molar-refractivity contribution in [3.8, 4) is 11.5 Å². The van der Waals surface area contributed by atoms with E-state index in [1.54, 1.807) is 24.3 Å². The second kappa shape index (κ2) is 9.59. The molecule has 0 atom stereocenters. The van der Waals surface area contributed by atoms with Crippen molar-refractivity contribution in [2.45, 2.75) is 0 Å². The van der Waals surface area contributed by atoms with E-state index in [0.717, 1.165) is 11.8 Å².